The van der Waals surface area contributed by atoms with Crippen molar-refractivity contribution in [1.29, 1.82) is 0 Å². The number of nitrogens with one attached hydrogen (secondary N) is 1. The van der Waals surface area contributed by atoms with Crippen LogP contribution < -0.4 is 5.32 Å². The molecule has 0 amide bonds. The van der Waals surface area contributed by atoms with Gasteiger partial charge in [0.2, 0.25) is 11.7 Å². The van der Waals surface area contributed by atoms with E-state index in [-0.39, 0.29) is 12.1 Å². The highest BCUT2D eigenvalue weighted by Crippen LogP contribution is 2.25. The number of aromatic nitrogens is 2. The van der Waals surface area contributed by atoms with E-state index < -0.39 is 0 Å². The second-order valence-electron chi connectivity index (χ2n) is 4.32. The highest BCUT2D eigenvalue weighted by Gasteiger charge is 2.28. The molecule has 2 aromatic rings. The van der Waals surface area contributed by atoms with Crippen LogP contribution in [0.25, 0.3) is 11.4 Å². The fourth-order valence-corrected chi connectivity index (χ4v) is 2.22. The molecule has 1 fully saturated rings. The number of aliphatic hydroxyl groups excluding tert-OH is 1. The Morgan fingerprint density at radius 2 is 2.33 bits per heavy atom. The van der Waals surface area contributed by atoms with Crippen LogP contribution in [0, 0.1) is 0 Å². The van der Waals surface area contributed by atoms with E-state index in [1.165, 1.54) is 0 Å². The molecule has 3 rings (SSSR count). The number of β-amino-alcohol motifs (C(OH)–C–C–N with tert-alkyl or cyclic N) is 1. The lowest BCUT2D eigenvalue weighted by molar-refractivity contribution is 0.191. The second kappa shape index (κ2) is 4.68. The minimum Gasteiger partial charge on any atom is -0.392 e. The molecule has 94 valence electrons. The van der Waals surface area contributed by atoms with Crippen LogP contribution in [0.5, 0.6) is 0 Å². The van der Waals surface area contributed by atoms with E-state index >= 15 is 0 Å². The van der Waals surface area contributed by atoms with Gasteiger partial charge >= 0.3 is 0 Å². The average Bonchev–Trinajstić information content (AvgIpc) is 2.97. The molecule has 1 aromatic carbocycles. The molecule has 6 heteroatoms. The van der Waals surface area contributed by atoms with Gasteiger partial charge in [-0.1, -0.05) is 28.9 Å². The van der Waals surface area contributed by atoms with Gasteiger partial charge in [-0.3, -0.25) is 0 Å². The van der Waals surface area contributed by atoms with Gasteiger partial charge in [0.15, 0.2) is 0 Å². The average molecular weight is 266 g/mol. The summed E-state index contributed by atoms with van der Waals surface area (Å²) in [6, 6.07) is 7.22. The van der Waals surface area contributed by atoms with E-state index in [0.29, 0.717) is 29.7 Å². The summed E-state index contributed by atoms with van der Waals surface area (Å²) >= 11 is 5.92. The number of rotatable bonds is 2. The standard InChI is InChI=1S/C12H12ClN3O2/c13-8-3-1-2-7(4-8)11-15-12(18-16-11)10-5-9(17)6-14-10/h1-4,9-10,14,17H,5-6H2/t9-,10-/m0/s1. The van der Waals surface area contributed by atoms with E-state index in [1.54, 1.807) is 12.1 Å². The van der Waals surface area contributed by atoms with Crippen molar-refractivity contribution >= 4 is 11.6 Å². The van der Waals surface area contributed by atoms with Crippen molar-refractivity contribution in [2.45, 2.75) is 18.6 Å². The number of halogens is 1. The van der Waals surface area contributed by atoms with E-state index in [0.717, 1.165) is 5.56 Å². The lowest BCUT2D eigenvalue weighted by atomic mass is 10.2. The summed E-state index contributed by atoms with van der Waals surface area (Å²) in [5, 5.41) is 17.1. The molecule has 0 aliphatic carbocycles. The first-order valence-electron chi connectivity index (χ1n) is 5.73. The highest BCUT2D eigenvalue weighted by molar-refractivity contribution is 6.30. The van der Waals surface area contributed by atoms with Gasteiger partial charge in [0.1, 0.15) is 0 Å². The molecule has 1 aliphatic rings. The predicted octanol–water partition coefficient (Wildman–Crippen LogP) is 1.79. The summed E-state index contributed by atoms with van der Waals surface area (Å²) in [4.78, 5) is 4.33. The third-order valence-electron chi connectivity index (χ3n) is 2.93. The van der Waals surface area contributed by atoms with Gasteiger partial charge in [-0.15, -0.1) is 0 Å². The van der Waals surface area contributed by atoms with Crippen molar-refractivity contribution in [3.63, 3.8) is 0 Å². The predicted molar refractivity (Wildman–Crippen MR) is 66.1 cm³/mol. The summed E-state index contributed by atoms with van der Waals surface area (Å²) in [5.41, 5.74) is 0.816. The largest absolute Gasteiger partial charge is 0.392 e. The van der Waals surface area contributed by atoms with Gasteiger partial charge in [0.05, 0.1) is 12.1 Å². The van der Waals surface area contributed by atoms with E-state index in [4.69, 9.17) is 16.1 Å². The molecule has 2 atom stereocenters. The molecule has 0 unspecified atom stereocenters. The van der Waals surface area contributed by atoms with Gasteiger partial charge < -0.3 is 14.9 Å². The zero-order valence-corrected chi connectivity index (χ0v) is 10.3. The maximum absolute atomic E-state index is 9.45. The van der Waals surface area contributed by atoms with Crippen LogP contribution >= 0.6 is 11.6 Å². The summed E-state index contributed by atoms with van der Waals surface area (Å²) < 4.78 is 5.21. The van der Waals surface area contributed by atoms with Crippen molar-refractivity contribution < 1.29 is 9.63 Å². The SMILES string of the molecule is O[C@@H]1CN[C@H](c2nc(-c3cccc(Cl)c3)no2)C1. The first kappa shape index (κ1) is 11.6. The molecule has 1 aliphatic heterocycles. The van der Waals surface area contributed by atoms with Crippen LogP contribution in [-0.2, 0) is 0 Å². The summed E-state index contributed by atoms with van der Waals surface area (Å²) in [5.74, 6) is 1.01. The van der Waals surface area contributed by atoms with E-state index in [9.17, 15) is 5.11 Å². The van der Waals surface area contributed by atoms with E-state index in [1.807, 2.05) is 12.1 Å². The van der Waals surface area contributed by atoms with Crippen molar-refractivity contribution in [2.75, 3.05) is 6.54 Å². The summed E-state index contributed by atoms with van der Waals surface area (Å²) in [6.45, 7) is 0.555. The highest BCUT2D eigenvalue weighted by atomic mass is 35.5. The van der Waals surface area contributed by atoms with Crippen LogP contribution in [0.15, 0.2) is 28.8 Å². The van der Waals surface area contributed by atoms with Crippen LogP contribution in [0.3, 0.4) is 0 Å². The molecular weight excluding hydrogens is 254 g/mol. The molecule has 18 heavy (non-hydrogen) atoms. The Kier molecular flexibility index (Phi) is 3.03. The van der Waals surface area contributed by atoms with Gasteiger partial charge in [-0.25, -0.2) is 0 Å². The minimum atomic E-state index is -0.350. The lowest BCUT2D eigenvalue weighted by Crippen LogP contribution is -2.15. The quantitative estimate of drug-likeness (QED) is 0.866. The number of nitrogens with zero attached hydrogens (tertiary/aromatic N) is 2. The van der Waals surface area contributed by atoms with Gasteiger partial charge in [0, 0.05) is 17.1 Å². The summed E-state index contributed by atoms with van der Waals surface area (Å²) in [7, 11) is 0. The zero-order valence-electron chi connectivity index (χ0n) is 9.51. The molecular formula is C12H12ClN3O2. The van der Waals surface area contributed by atoms with Gasteiger partial charge in [0.25, 0.3) is 0 Å². The molecule has 2 N–H and O–H groups in total. The van der Waals surface area contributed by atoms with Crippen molar-refractivity contribution in [3.05, 3.63) is 35.2 Å². The fraction of sp³-hybridized carbons (Fsp3) is 0.333. The normalized spacial score (nSPS) is 23.4. The van der Waals surface area contributed by atoms with Crippen LogP contribution in [-0.4, -0.2) is 27.9 Å². The Morgan fingerprint density at radius 3 is 3.06 bits per heavy atom. The van der Waals surface area contributed by atoms with Crippen molar-refractivity contribution in [3.8, 4) is 11.4 Å². The number of aliphatic hydroxyl groups is 1. The van der Waals surface area contributed by atoms with Gasteiger partial charge in [-0.2, -0.15) is 4.98 Å². The van der Waals surface area contributed by atoms with Crippen LogP contribution in [0.4, 0.5) is 0 Å². The van der Waals surface area contributed by atoms with E-state index in [2.05, 4.69) is 15.5 Å². The Balaban J connectivity index is 1.85. The van der Waals surface area contributed by atoms with Crippen molar-refractivity contribution in [2.24, 2.45) is 0 Å². The first-order valence-corrected chi connectivity index (χ1v) is 6.11. The first-order chi connectivity index (χ1) is 8.72. The topological polar surface area (TPSA) is 71.2 Å². The Morgan fingerprint density at radius 1 is 1.44 bits per heavy atom. The molecule has 1 saturated heterocycles. The number of hydrogen-bond donors (Lipinski definition) is 2. The Labute approximate surface area is 109 Å². The maximum atomic E-state index is 9.45. The zero-order chi connectivity index (χ0) is 12.5. The smallest absolute Gasteiger partial charge is 0.244 e. The third-order valence-corrected chi connectivity index (χ3v) is 3.17. The number of hydrogen-bond acceptors (Lipinski definition) is 5. The molecule has 0 radical (unpaired) electrons. The monoisotopic (exact) mass is 265 g/mol. The number of benzene rings is 1. The lowest BCUT2D eigenvalue weighted by Gasteiger charge is -2.01. The Hall–Kier alpha value is -1.43. The van der Waals surface area contributed by atoms with Crippen LogP contribution in [0.2, 0.25) is 5.02 Å². The van der Waals surface area contributed by atoms with Crippen LogP contribution in [0.1, 0.15) is 18.4 Å². The molecule has 0 saturated carbocycles. The molecule has 0 bridgehead atoms. The maximum Gasteiger partial charge on any atom is 0.244 e. The molecule has 5 nitrogen and oxygen atoms in total. The molecule has 1 aromatic heterocycles. The Bertz CT molecular complexity index is 558. The molecule has 0 spiro atoms. The summed E-state index contributed by atoms with van der Waals surface area (Å²) in [6.07, 6.45) is 0.244. The third kappa shape index (κ3) is 2.25. The second-order valence-corrected chi connectivity index (χ2v) is 4.75. The fourth-order valence-electron chi connectivity index (χ4n) is 2.03. The molecule has 2 heterocycles. The van der Waals surface area contributed by atoms with Gasteiger partial charge in [-0.05, 0) is 18.6 Å². The van der Waals surface area contributed by atoms with Crippen molar-refractivity contribution in [1.82, 2.24) is 15.5 Å². The minimum absolute atomic E-state index is 0.0690.